The Kier molecular flexibility index (Phi) is 7.46. The molecule has 2 aromatic rings. The van der Waals surface area contributed by atoms with Crippen LogP contribution in [-0.4, -0.2) is 46.0 Å². The van der Waals surface area contributed by atoms with Gasteiger partial charge in [0.2, 0.25) is 15.9 Å². The molecule has 0 atom stereocenters. The lowest BCUT2D eigenvalue weighted by molar-refractivity contribution is -0.117. The third-order valence-corrected chi connectivity index (χ3v) is 5.18. The van der Waals surface area contributed by atoms with Gasteiger partial charge in [0, 0.05) is 12.2 Å². The zero-order chi connectivity index (χ0) is 20.0. The number of benzene rings is 2. The van der Waals surface area contributed by atoms with Gasteiger partial charge in [-0.3, -0.25) is 9.69 Å². The normalized spacial score (nSPS) is 11.4. The summed E-state index contributed by atoms with van der Waals surface area (Å²) in [5.41, 5.74) is 0.564. The van der Waals surface area contributed by atoms with Crippen molar-refractivity contribution in [3.8, 4) is 5.75 Å². The molecular formula is C17H19Cl2N3O4S. The molecule has 0 heterocycles. The molecule has 7 nitrogen and oxygen atoms in total. The van der Waals surface area contributed by atoms with Crippen LogP contribution >= 0.6 is 23.2 Å². The van der Waals surface area contributed by atoms with Crippen LogP contribution in [0.15, 0.2) is 47.4 Å². The predicted molar refractivity (Wildman–Crippen MR) is 106 cm³/mol. The number of amides is 1. The summed E-state index contributed by atoms with van der Waals surface area (Å²) >= 11 is 11.8. The first-order valence-corrected chi connectivity index (χ1v) is 10.1. The average Bonchev–Trinajstić information content (AvgIpc) is 2.57. The van der Waals surface area contributed by atoms with Crippen LogP contribution in [0.1, 0.15) is 0 Å². The smallest absolute Gasteiger partial charge is 0.238 e. The molecule has 0 unspecified atom stereocenters. The van der Waals surface area contributed by atoms with Gasteiger partial charge in [-0.2, -0.15) is 0 Å². The van der Waals surface area contributed by atoms with E-state index in [0.717, 1.165) is 0 Å². The maximum absolute atomic E-state index is 12.0. The fraction of sp³-hybridized carbons (Fsp3) is 0.235. The summed E-state index contributed by atoms with van der Waals surface area (Å²) in [5.74, 6) is 0.310. The molecule has 1 amide bonds. The minimum absolute atomic E-state index is 0.0194. The molecular weight excluding hydrogens is 413 g/mol. The summed E-state index contributed by atoms with van der Waals surface area (Å²) < 4.78 is 27.9. The number of likely N-dealkylation sites (N-methyl/N-ethyl adjacent to an activating group) is 1. The molecule has 2 rings (SSSR count). The number of anilines is 1. The Hall–Kier alpha value is -1.84. The number of sulfonamides is 1. The Morgan fingerprint density at radius 3 is 2.41 bits per heavy atom. The number of nitrogens with one attached hydrogen (secondary N) is 1. The minimum Gasteiger partial charge on any atom is -0.492 e. The second-order valence-electron chi connectivity index (χ2n) is 5.78. The van der Waals surface area contributed by atoms with Gasteiger partial charge in [-0.15, -0.1) is 0 Å². The van der Waals surface area contributed by atoms with Crippen LogP contribution in [0.25, 0.3) is 0 Å². The topological polar surface area (TPSA) is 102 Å². The highest BCUT2D eigenvalue weighted by Gasteiger charge is 2.09. The first-order valence-electron chi connectivity index (χ1n) is 7.84. The second-order valence-corrected chi connectivity index (χ2v) is 8.16. The molecule has 0 spiro atoms. The predicted octanol–water partition coefficient (Wildman–Crippen LogP) is 2.59. The van der Waals surface area contributed by atoms with Gasteiger partial charge in [-0.1, -0.05) is 23.2 Å². The van der Waals surface area contributed by atoms with Crippen molar-refractivity contribution in [3.05, 3.63) is 52.5 Å². The molecule has 10 heteroatoms. The van der Waals surface area contributed by atoms with E-state index in [2.05, 4.69) is 5.32 Å². The van der Waals surface area contributed by atoms with E-state index in [-0.39, 0.29) is 17.3 Å². The van der Waals surface area contributed by atoms with E-state index in [4.69, 9.17) is 33.1 Å². The molecule has 0 aliphatic rings. The molecule has 0 radical (unpaired) electrons. The van der Waals surface area contributed by atoms with E-state index in [1.165, 1.54) is 24.3 Å². The number of halogens is 2. The number of ether oxygens (including phenoxy) is 1. The number of carbonyl (C=O) groups excluding carboxylic acids is 1. The van der Waals surface area contributed by atoms with E-state index in [1.54, 1.807) is 30.1 Å². The molecule has 27 heavy (non-hydrogen) atoms. The van der Waals surface area contributed by atoms with Gasteiger partial charge < -0.3 is 10.1 Å². The lowest BCUT2D eigenvalue weighted by atomic mass is 10.3. The molecule has 0 fully saturated rings. The number of hydrogen-bond acceptors (Lipinski definition) is 5. The van der Waals surface area contributed by atoms with Crippen LogP contribution in [0.3, 0.4) is 0 Å². The highest BCUT2D eigenvalue weighted by molar-refractivity contribution is 7.89. The average molecular weight is 432 g/mol. The molecule has 0 saturated heterocycles. The van der Waals surface area contributed by atoms with Crippen molar-refractivity contribution in [2.24, 2.45) is 5.14 Å². The molecule has 0 saturated carbocycles. The van der Waals surface area contributed by atoms with Gasteiger partial charge in [0.1, 0.15) is 12.4 Å². The number of rotatable bonds is 8. The van der Waals surface area contributed by atoms with Crippen molar-refractivity contribution < 1.29 is 17.9 Å². The van der Waals surface area contributed by atoms with Crippen LogP contribution in [-0.2, 0) is 14.8 Å². The third-order valence-electron chi connectivity index (χ3n) is 3.51. The summed E-state index contributed by atoms with van der Waals surface area (Å²) in [6, 6.07) is 10.7. The van der Waals surface area contributed by atoms with Gasteiger partial charge in [0.25, 0.3) is 0 Å². The molecule has 0 aromatic heterocycles. The summed E-state index contributed by atoms with van der Waals surface area (Å²) in [7, 11) is -1.94. The maximum atomic E-state index is 12.0. The van der Waals surface area contributed by atoms with E-state index >= 15 is 0 Å². The Balaban J connectivity index is 1.76. The van der Waals surface area contributed by atoms with Gasteiger partial charge >= 0.3 is 0 Å². The van der Waals surface area contributed by atoms with Crippen molar-refractivity contribution in [2.45, 2.75) is 4.90 Å². The summed E-state index contributed by atoms with van der Waals surface area (Å²) in [6.45, 7) is 0.977. The zero-order valence-electron chi connectivity index (χ0n) is 14.5. The number of primary sulfonamides is 1. The second kappa shape index (κ2) is 9.38. The highest BCUT2D eigenvalue weighted by Crippen LogP contribution is 2.24. The Morgan fingerprint density at radius 2 is 1.81 bits per heavy atom. The monoisotopic (exact) mass is 431 g/mol. The lowest BCUT2D eigenvalue weighted by Crippen LogP contribution is -2.33. The van der Waals surface area contributed by atoms with E-state index in [9.17, 15) is 13.2 Å². The lowest BCUT2D eigenvalue weighted by Gasteiger charge is -2.17. The Bertz CT molecular complexity index is 905. The van der Waals surface area contributed by atoms with E-state index < -0.39 is 10.0 Å². The molecule has 0 aliphatic carbocycles. The maximum Gasteiger partial charge on any atom is 0.238 e. The van der Waals surface area contributed by atoms with Crippen LogP contribution in [0.4, 0.5) is 5.69 Å². The SMILES string of the molecule is CN(CCOc1ccc(S(N)(=O)=O)cc1)CC(=O)Nc1ccc(Cl)c(Cl)c1. The third kappa shape index (κ3) is 7.00. The Labute approximate surface area is 168 Å². The minimum atomic E-state index is -3.72. The van der Waals surface area contributed by atoms with E-state index in [0.29, 0.717) is 34.6 Å². The fourth-order valence-electron chi connectivity index (χ4n) is 2.14. The van der Waals surface area contributed by atoms with E-state index in [1.807, 2.05) is 0 Å². The summed E-state index contributed by atoms with van der Waals surface area (Å²) in [4.78, 5) is 13.8. The summed E-state index contributed by atoms with van der Waals surface area (Å²) in [6.07, 6.45) is 0. The van der Waals surface area contributed by atoms with Crippen molar-refractivity contribution in [1.29, 1.82) is 0 Å². The highest BCUT2D eigenvalue weighted by atomic mass is 35.5. The van der Waals surface area contributed by atoms with Crippen molar-refractivity contribution in [2.75, 3.05) is 32.1 Å². The Morgan fingerprint density at radius 1 is 1.15 bits per heavy atom. The largest absolute Gasteiger partial charge is 0.492 e. The molecule has 0 aliphatic heterocycles. The van der Waals surface area contributed by atoms with Gasteiger partial charge in [0.15, 0.2) is 0 Å². The van der Waals surface area contributed by atoms with Gasteiger partial charge in [0.05, 0.1) is 21.5 Å². The first kappa shape index (κ1) is 21.5. The van der Waals surface area contributed by atoms with Crippen LogP contribution in [0, 0.1) is 0 Å². The molecule has 146 valence electrons. The van der Waals surface area contributed by atoms with Gasteiger partial charge in [-0.25, -0.2) is 13.6 Å². The fourth-order valence-corrected chi connectivity index (χ4v) is 2.96. The van der Waals surface area contributed by atoms with Crippen LogP contribution in [0.2, 0.25) is 10.0 Å². The number of hydrogen-bond donors (Lipinski definition) is 2. The van der Waals surface area contributed by atoms with Crippen molar-refractivity contribution >= 4 is 44.8 Å². The van der Waals surface area contributed by atoms with Crippen molar-refractivity contribution in [1.82, 2.24) is 4.90 Å². The number of nitrogens with zero attached hydrogens (tertiary/aromatic N) is 1. The number of carbonyl (C=O) groups is 1. The molecule has 3 N–H and O–H groups in total. The van der Waals surface area contributed by atoms with Crippen LogP contribution in [0.5, 0.6) is 5.75 Å². The number of nitrogens with two attached hydrogens (primary N) is 1. The molecule has 0 bridgehead atoms. The standard InChI is InChI=1S/C17H19Cl2N3O4S/c1-22(11-17(23)21-12-2-7-15(18)16(19)10-12)8-9-26-13-3-5-14(6-4-13)27(20,24)25/h2-7,10H,8-9,11H2,1H3,(H,21,23)(H2,20,24,25). The first-order chi connectivity index (χ1) is 12.6. The summed E-state index contributed by atoms with van der Waals surface area (Å²) in [5, 5.41) is 8.56. The molecule has 2 aromatic carbocycles. The van der Waals surface area contributed by atoms with Crippen molar-refractivity contribution in [3.63, 3.8) is 0 Å². The van der Waals surface area contributed by atoms with Gasteiger partial charge in [-0.05, 0) is 49.5 Å². The zero-order valence-corrected chi connectivity index (χ0v) is 16.8. The van der Waals surface area contributed by atoms with Crippen LogP contribution < -0.4 is 15.2 Å². The quantitative estimate of drug-likeness (QED) is 0.668.